The second kappa shape index (κ2) is 15.8. The molecule has 5 rings (SSSR count). The van der Waals surface area contributed by atoms with E-state index in [4.69, 9.17) is 14.2 Å². The van der Waals surface area contributed by atoms with Gasteiger partial charge in [-0.15, -0.1) is 0 Å². The Bertz CT molecular complexity index is 1860. The summed E-state index contributed by atoms with van der Waals surface area (Å²) in [5, 5.41) is 1.18. The molecule has 286 valence electrons. The molecular formula is C39H57N5O7S. The molecule has 0 saturated heterocycles. The van der Waals surface area contributed by atoms with Crippen molar-refractivity contribution in [1.82, 2.24) is 23.4 Å². The van der Waals surface area contributed by atoms with Gasteiger partial charge in [0.15, 0.2) is 0 Å². The van der Waals surface area contributed by atoms with Gasteiger partial charge in [-0.2, -0.15) is 12.7 Å². The molecule has 1 aromatic heterocycles. The number of methoxy groups -OCH3 is 1. The molecule has 0 radical (unpaired) electrons. The van der Waals surface area contributed by atoms with Crippen molar-refractivity contribution >= 4 is 33.2 Å². The van der Waals surface area contributed by atoms with E-state index in [2.05, 4.69) is 39.6 Å². The Morgan fingerprint density at radius 2 is 1.67 bits per heavy atom. The van der Waals surface area contributed by atoms with Gasteiger partial charge in [-0.3, -0.25) is 4.90 Å². The molecule has 52 heavy (non-hydrogen) atoms. The smallest absolute Gasteiger partial charge is 0.422 e. The summed E-state index contributed by atoms with van der Waals surface area (Å²) >= 11 is 0. The SMILES string of the molecule is COC(=O)c1ccc2c(C3CCCCC3)c3n(c2c1)C[C@@H](N(C)CCN(C)CC(C)(C)N(C)S(=O)(=O)NC(=O)OC(C)(C)C)COc1ccccc1-3. The monoisotopic (exact) mass is 739 g/mol. The molecule has 1 atom stereocenters. The zero-order valence-corrected chi connectivity index (χ0v) is 33.1. The van der Waals surface area contributed by atoms with Gasteiger partial charge in [0.1, 0.15) is 18.0 Å². The van der Waals surface area contributed by atoms with Crippen molar-refractivity contribution in [2.75, 3.05) is 54.5 Å². The van der Waals surface area contributed by atoms with E-state index in [-0.39, 0.29) is 12.0 Å². The van der Waals surface area contributed by atoms with Gasteiger partial charge < -0.3 is 23.7 Å². The van der Waals surface area contributed by atoms with Gasteiger partial charge in [-0.1, -0.05) is 37.5 Å². The molecule has 1 amide bonds. The predicted octanol–water partition coefficient (Wildman–Crippen LogP) is 6.25. The maximum atomic E-state index is 13.1. The zero-order valence-electron chi connectivity index (χ0n) is 32.3. The van der Waals surface area contributed by atoms with Gasteiger partial charge in [0.25, 0.3) is 0 Å². The van der Waals surface area contributed by atoms with Crippen molar-refractivity contribution in [3.8, 4) is 17.0 Å². The predicted molar refractivity (Wildman–Crippen MR) is 204 cm³/mol. The van der Waals surface area contributed by atoms with Crippen LogP contribution in [0.25, 0.3) is 22.2 Å². The average molecular weight is 740 g/mol. The first-order chi connectivity index (χ1) is 24.4. The number of ether oxygens (including phenoxy) is 3. The molecule has 0 bridgehead atoms. The number of nitrogens with zero attached hydrogens (tertiary/aromatic N) is 4. The van der Waals surface area contributed by atoms with E-state index in [9.17, 15) is 18.0 Å². The third-order valence-corrected chi connectivity index (χ3v) is 12.1. The van der Waals surface area contributed by atoms with Crippen LogP contribution in [0.15, 0.2) is 42.5 Å². The van der Waals surface area contributed by atoms with Crippen molar-refractivity contribution in [2.24, 2.45) is 0 Å². The van der Waals surface area contributed by atoms with Gasteiger partial charge in [-0.25, -0.2) is 14.3 Å². The Labute approximate surface area is 309 Å². The number of rotatable bonds is 11. The van der Waals surface area contributed by atoms with Gasteiger partial charge in [0, 0.05) is 55.2 Å². The second-order valence-electron chi connectivity index (χ2n) is 16.0. The molecule has 1 N–H and O–H groups in total. The minimum Gasteiger partial charge on any atom is -0.491 e. The van der Waals surface area contributed by atoms with Crippen molar-refractivity contribution in [3.05, 3.63) is 53.6 Å². The third-order valence-electron chi connectivity index (χ3n) is 10.4. The van der Waals surface area contributed by atoms with Crippen LogP contribution < -0.4 is 9.46 Å². The van der Waals surface area contributed by atoms with Crippen LogP contribution in [0.4, 0.5) is 4.79 Å². The van der Waals surface area contributed by atoms with Crippen LogP contribution in [0.2, 0.25) is 0 Å². The Hall–Kier alpha value is -3.65. The molecule has 2 aromatic carbocycles. The number of carbonyl (C=O) groups is 2. The molecule has 0 unspecified atom stereocenters. The molecule has 1 saturated carbocycles. The lowest BCUT2D eigenvalue weighted by atomic mass is 9.81. The van der Waals surface area contributed by atoms with Crippen LogP contribution >= 0.6 is 0 Å². The molecule has 1 fully saturated rings. The van der Waals surface area contributed by atoms with Crippen LogP contribution in [-0.2, 0) is 26.2 Å². The highest BCUT2D eigenvalue weighted by Crippen LogP contribution is 2.47. The lowest BCUT2D eigenvalue weighted by Gasteiger charge is -2.38. The van der Waals surface area contributed by atoms with Crippen LogP contribution in [0.1, 0.15) is 88.6 Å². The fourth-order valence-corrected chi connectivity index (χ4v) is 8.66. The summed E-state index contributed by atoms with van der Waals surface area (Å²) < 4.78 is 48.7. The summed E-state index contributed by atoms with van der Waals surface area (Å²) in [4.78, 5) is 29.4. The number of likely N-dealkylation sites (N-methyl/N-ethyl adjacent to an activating group) is 3. The van der Waals surface area contributed by atoms with Crippen molar-refractivity contribution in [2.45, 2.75) is 96.4 Å². The molecule has 13 heteroatoms. The third kappa shape index (κ3) is 8.92. The standard InChI is InChI=1S/C39H57N5O7S/c1-38(2,3)51-37(46)40-52(47,48)43(8)39(4,5)26-41(6)21-22-42(7)29-24-44-32-23-28(36(45)49-9)19-20-30(32)34(27-15-11-10-12-16-27)35(44)31-17-13-14-18-33(31)50-25-29/h13-14,17-20,23,27,29H,10-12,15-16,21-22,24-26H2,1-9H3,(H,40,46)/t29-/m1/s1. The van der Waals surface area contributed by atoms with Crippen molar-refractivity contribution in [1.29, 1.82) is 0 Å². The number of hydrogen-bond donors (Lipinski definition) is 1. The Kier molecular flexibility index (Phi) is 12.0. The Balaban J connectivity index is 1.39. The lowest BCUT2D eigenvalue weighted by molar-refractivity contribution is 0.0561. The summed E-state index contributed by atoms with van der Waals surface area (Å²) in [5.74, 6) is 0.904. The molecule has 2 heterocycles. The van der Waals surface area contributed by atoms with Crippen molar-refractivity contribution < 1.29 is 32.2 Å². The lowest BCUT2D eigenvalue weighted by Crippen LogP contribution is -2.56. The number of fused-ring (bicyclic) bond motifs is 5. The number of hydrogen-bond acceptors (Lipinski definition) is 9. The van der Waals surface area contributed by atoms with Crippen LogP contribution in [-0.4, -0.2) is 111 Å². The normalized spacial score (nSPS) is 17.3. The van der Waals surface area contributed by atoms with Crippen molar-refractivity contribution in [3.63, 3.8) is 0 Å². The number of aromatic nitrogens is 1. The maximum absolute atomic E-state index is 13.1. The highest BCUT2D eigenvalue weighted by molar-refractivity contribution is 7.87. The zero-order chi connectivity index (χ0) is 38.0. The van der Waals surface area contributed by atoms with E-state index in [1.807, 2.05) is 49.9 Å². The summed E-state index contributed by atoms with van der Waals surface area (Å²) in [6, 6.07) is 14.2. The molecule has 3 aromatic rings. The van der Waals surface area contributed by atoms with Gasteiger partial charge >= 0.3 is 22.3 Å². The topological polar surface area (TPSA) is 123 Å². The number of benzene rings is 2. The number of amides is 1. The summed E-state index contributed by atoms with van der Waals surface area (Å²) in [6.07, 6.45) is 4.91. The summed E-state index contributed by atoms with van der Waals surface area (Å²) in [7, 11) is 2.78. The second-order valence-corrected chi connectivity index (χ2v) is 17.7. The minimum atomic E-state index is -4.16. The Morgan fingerprint density at radius 3 is 2.35 bits per heavy atom. The maximum Gasteiger partial charge on any atom is 0.422 e. The summed E-state index contributed by atoms with van der Waals surface area (Å²) in [5.41, 5.74) is 3.46. The fraction of sp³-hybridized carbons (Fsp3) is 0.590. The first kappa shape index (κ1) is 39.6. The summed E-state index contributed by atoms with van der Waals surface area (Å²) in [6.45, 7) is 11.6. The number of esters is 1. The van der Waals surface area contributed by atoms with Crippen LogP contribution in [0.3, 0.4) is 0 Å². The van der Waals surface area contributed by atoms with E-state index < -0.39 is 27.4 Å². The Morgan fingerprint density at radius 1 is 0.981 bits per heavy atom. The van der Waals surface area contributed by atoms with Crippen LogP contribution in [0, 0.1) is 0 Å². The van der Waals surface area contributed by atoms with E-state index in [1.165, 1.54) is 54.4 Å². The van der Waals surface area contributed by atoms with Crippen LogP contribution in [0.5, 0.6) is 5.75 Å². The molecule has 1 aliphatic heterocycles. The molecule has 1 aliphatic carbocycles. The first-order valence-corrected chi connectivity index (χ1v) is 19.7. The molecular weight excluding hydrogens is 683 g/mol. The van der Waals surface area contributed by atoms with E-state index in [0.717, 1.165) is 29.7 Å². The van der Waals surface area contributed by atoms with Gasteiger partial charge in [-0.05, 0) is 97.3 Å². The van der Waals surface area contributed by atoms with E-state index in [1.54, 1.807) is 20.8 Å². The average Bonchev–Trinajstić information content (AvgIpc) is 3.38. The molecule has 12 nitrogen and oxygen atoms in total. The van der Waals surface area contributed by atoms with E-state index in [0.29, 0.717) is 44.3 Å². The first-order valence-electron chi connectivity index (χ1n) is 18.3. The molecule has 0 spiro atoms. The highest BCUT2D eigenvalue weighted by Gasteiger charge is 2.36. The van der Waals surface area contributed by atoms with E-state index >= 15 is 0 Å². The highest BCUT2D eigenvalue weighted by atomic mass is 32.2. The van der Waals surface area contributed by atoms with Gasteiger partial charge in [0.2, 0.25) is 0 Å². The number of carbonyl (C=O) groups excluding carboxylic acids is 2. The minimum absolute atomic E-state index is 0.00816. The largest absolute Gasteiger partial charge is 0.491 e. The quantitative estimate of drug-likeness (QED) is 0.228. The van der Waals surface area contributed by atoms with Gasteiger partial charge in [0.05, 0.1) is 24.4 Å². The number of nitrogens with one attached hydrogen (secondary N) is 1. The molecule has 2 aliphatic rings. The number of para-hydroxylation sites is 1. The fourth-order valence-electron chi connectivity index (χ4n) is 7.56.